The van der Waals surface area contributed by atoms with E-state index in [0.29, 0.717) is 6.04 Å². The van der Waals surface area contributed by atoms with E-state index in [0.717, 1.165) is 15.1 Å². The molecule has 0 aliphatic carbocycles. The molecule has 1 nitrogen and oxygen atoms in total. The Hall–Kier alpha value is 0.200. The van der Waals surface area contributed by atoms with Gasteiger partial charge < -0.3 is 5.32 Å². The van der Waals surface area contributed by atoms with Crippen LogP contribution >= 0.6 is 34.2 Å². The van der Waals surface area contributed by atoms with Crippen molar-refractivity contribution in [2.75, 3.05) is 6.54 Å². The first kappa shape index (κ1) is 9.74. The van der Waals surface area contributed by atoms with Crippen molar-refractivity contribution < 1.29 is 0 Å². The summed E-state index contributed by atoms with van der Waals surface area (Å²) in [5.74, 6) is 0. The van der Waals surface area contributed by atoms with Crippen LogP contribution in [0.5, 0.6) is 0 Å². The summed E-state index contributed by atoms with van der Waals surface area (Å²) in [5, 5.41) is 4.32. The lowest BCUT2D eigenvalue weighted by Gasteiger charge is -2.11. The van der Waals surface area contributed by atoms with Gasteiger partial charge in [0.1, 0.15) is 0 Å². The number of halogens is 2. The van der Waals surface area contributed by atoms with Crippen LogP contribution in [-0.4, -0.2) is 6.54 Å². The van der Waals surface area contributed by atoms with Gasteiger partial charge in [-0.05, 0) is 59.7 Å². The SMILES string of the molecule is Clc1ccc([C@@H]2CCCN2)cc1I. The lowest BCUT2D eigenvalue weighted by Crippen LogP contribution is -2.12. The minimum absolute atomic E-state index is 0.547. The fraction of sp³-hybridized carbons (Fsp3) is 0.400. The monoisotopic (exact) mass is 307 g/mol. The molecular weight excluding hydrogens is 296 g/mol. The fourth-order valence-electron chi connectivity index (χ4n) is 1.70. The molecule has 1 aromatic rings. The van der Waals surface area contributed by atoms with Crippen LogP contribution in [0.1, 0.15) is 24.4 Å². The minimum atomic E-state index is 0.547. The Kier molecular flexibility index (Phi) is 3.11. The second-order valence-corrected chi connectivity index (χ2v) is 4.89. The van der Waals surface area contributed by atoms with Crippen LogP contribution in [0.15, 0.2) is 18.2 Å². The van der Waals surface area contributed by atoms with E-state index in [1.807, 2.05) is 6.07 Å². The molecule has 0 unspecified atom stereocenters. The molecule has 1 saturated heterocycles. The van der Waals surface area contributed by atoms with Crippen molar-refractivity contribution in [1.82, 2.24) is 5.32 Å². The van der Waals surface area contributed by atoms with Crippen molar-refractivity contribution in [1.29, 1.82) is 0 Å². The third kappa shape index (κ3) is 2.17. The molecule has 1 fully saturated rings. The largest absolute Gasteiger partial charge is 0.310 e. The molecule has 1 atom stereocenters. The topological polar surface area (TPSA) is 12.0 Å². The second-order valence-electron chi connectivity index (χ2n) is 3.32. The van der Waals surface area contributed by atoms with Gasteiger partial charge in [0.15, 0.2) is 0 Å². The van der Waals surface area contributed by atoms with E-state index in [9.17, 15) is 0 Å². The molecule has 0 bridgehead atoms. The van der Waals surface area contributed by atoms with Crippen molar-refractivity contribution in [3.8, 4) is 0 Å². The Morgan fingerprint density at radius 3 is 2.92 bits per heavy atom. The molecular formula is C10H11ClIN. The lowest BCUT2D eigenvalue weighted by molar-refractivity contribution is 0.647. The number of rotatable bonds is 1. The highest BCUT2D eigenvalue weighted by atomic mass is 127. The molecule has 13 heavy (non-hydrogen) atoms. The van der Waals surface area contributed by atoms with Crippen molar-refractivity contribution in [2.24, 2.45) is 0 Å². The molecule has 70 valence electrons. The van der Waals surface area contributed by atoms with Crippen LogP contribution in [-0.2, 0) is 0 Å². The first-order chi connectivity index (χ1) is 6.27. The Morgan fingerprint density at radius 1 is 1.46 bits per heavy atom. The Bertz CT molecular complexity index is 308. The van der Waals surface area contributed by atoms with Crippen molar-refractivity contribution in [3.63, 3.8) is 0 Å². The summed E-state index contributed by atoms with van der Waals surface area (Å²) in [6.45, 7) is 1.14. The number of nitrogens with one attached hydrogen (secondary N) is 1. The van der Waals surface area contributed by atoms with E-state index in [-0.39, 0.29) is 0 Å². The van der Waals surface area contributed by atoms with Crippen LogP contribution in [0.2, 0.25) is 5.02 Å². The Balaban J connectivity index is 2.25. The van der Waals surface area contributed by atoms with Crippen molar-refractivity contribution in [2.45, 2.75) is 18.9 Å². The van der Waals surface area contributed by atoms with Gasteiger partial charge in [-0.1, -0.05) is 17.7 Å². The van der Waals surface area contributed by atoms with E-state index in [1.165, 1.54) is 18.4 Å². The van der Waals surface area contributed by atoms with Gasteiger partial charge in [-0.3, -0.25) is 0 Å². The molecule has 1 heterocycles. The van der Waals surface area contributed by atoms with Crippen molar-refractivity contribution >= 4 is 34.2 Å². The third-order valence-corrected chi connectivity index (χ3v) is 3.95. The van der Waals surface area contributed by atoms with Crippen LogP contribution in [0.25, 0.3) is 0 Å². The molecule has 1 aliphatic heterocycles. The molecule has 0 radical (unpaired) electrons. The smallest absolute Gasteiger partial charge is 0.0539 e. The summed E-state index contributed by atoms with van der Waals surface area (Å²) in [6, 6.07) is 6.82. The maximum Gasteiger partial charge on any atom is 0.0539 e. The summed E-state index contributed by atoms with van der Waals surface area (Å²) < 4.78 is 1.14. The molecule has 2 rings (SSSR count). The maximum absolute atomic E-state index is 5.96. The van der Waals surface area contributed by atoms with Gasteiger partial charge in [-0.15, -0.1) is 0 Å². The van der Waals surface area contributed by atoms with E-state index >= 15 is 0 Å². The minimum Gasteiger partial charge on any atom is -0.310 e. The zero-order valence-corrected chi connectivity index (χ0v) is 10.1. The summed E-state index contributed by atoms with van der Waals surface area (Å²) >= 11 is 8.24. The van der Waals surface area contributed by atoms with Gasteiger partial charge in [0, 0.05) is 9.61 Å². The van der Waals surface area contributed by atoms with Crippen LogP contribution < -0.4 is 5.32 Å². The molecule has 0 saturated carbocycles. The summed E-state index contributed by atoms with van der Waals surface area (Å²) in [6.07, 6.45) is 2.53. The Morgan fingerprint density at radius 2 is 2.31 bits per heavy atom. The molecule has 1 N–H and O–H groups in total. The predicted octanol–water partition coefficient (Wildman–Crippen LogP) is 3.37. The standard InChI is InChI=1S/C10H11ClIN/c11-8-4-3-7(6-9(8)12)10-2-1-5-13-10/h3-4,6,10,13H,1-2,5H2/t10-/m0/s1. The van der Waals surface area contributed by atoms with Crippen LogP contribution in [0.3, 0.4) is 0 Å². The first-order valence-corrected chi connectivity index (χ1v) is 5.91. The van der Waals surface area contributed by atoms with Gasteiger partial charge >= 0.3 is 0 Å². The highest BCUT2D eigenvalue weighted by Crippen LogP contribution is 2.27. The van der Waals surface area contributed by atoms with Gasteiger partial charge in [-0.25, -0.2) is 0 Å². The predicted molar refractivity (Wildman–Crippen MR) is 64.1 cm³/mol. The van der Waals surface area contributed by atoms with Gasteiger partial charge in [0.05, 0.1) is 5.02 Å². The molecule has 0 aromatic heterocycles. The van der Waals surface area contributed by atoms with Crippen molar-refractivity contribution in [3.05, 3.63) is 32.4 Å². The van der Waals surface area contributed by atoms with Gasteiger partial charge in [0.25, 0.3) is 0 Å². The molecule has 3 heteroatoms. The lowest BCUT2D eigenvalue weighted by atomic mass is 10.1. The number of hydrogen-bond acceptors (Lipinski definition) is 1. The van der Waals surface area contributed by atoms with Crippen LogP contribution in [0.4, 0.5) is 0 Å². The number of hydrogen-bond donors (Lipinski definition) is 1. The Labute approximate surface area is 97.0 Å². The number of benzene rings is 1. The van der Waals surface area contributed by atoms with Crippen LogP contribution in [0, 0.1) is 3.57 Å². The summed E-state index contributed by atoms with van der Waals surface area (Å²) in [5.41, 5.74) is 1.37. The van der Waals surface area contributed by atoms with E-state index < -0.39 is 0 Å². The average molecular weight is 308 g/mol. The summed E-state index contributed by atoms with van der Waals surface area (Å²) in [7, 11) is 0. The van der Waals surface area contributed by atoms with E-state index in [1.54, 1.807) is 0 Å². The van der Waals surface area contributed by atoms with E-state index in [4.69, 9.17) is 11.6 Å². The quantitative estimate of drug-likeness (QED) is 0.785. The maximum atomic E-state index is 5.96. The molecule has 1 aromatic carbocycles. The summed E-state index contributed by atoms with van der Waals surface area (Å²) in [4.78, 5) is 0. The zero-order chi connectivity index (χ0) is 9.26. The van der Waals surface area contributed by atoms with Gasteiger partial charge in [0.2, 0.25) is 0 Å². The zero-order valence-electron chi connectivity index (χ0n) is 7.19. The second kappa shape index (κ2) is 4.15. The fourth-order valence-corrected chi connectivity index (χ4v) is 2.36. The average Bonchev–Trinajstić information content (AvgIpc) is 2.62. The highest BCUT2D eigenvalue weighted by Gasteiger charge is 2.16. The molecule has 0 spiro atoms. The first-order valence-electron chi connectivity index (χ1n) is 4.46. The third-order valence-electron chi connectivity index (χ3n) is 2.41. The molecule has 0 amide bonds. The molecule has 1 aliphatic rings. The van der Waals surface area contributed by atoms with Gasteiger partial charge in [-0.2, -0.15) is 0 Å². The van der Waals surface area contributed by atoms with E-state index in [2.05, 4.69) is 40.0 Å². The highest BCUT2D eigenvalue weighted by molar-refractivity contribution is 14.1. The normalized spacial score (nSPS) is 22.2.